The quantitative estimate of drug-likeness (QED) is 0.384. The van der Waals surface area contributed by atoms with E-state index in [0.29, 0.717) is 25.5 Å². The Morgan fingerprint density at radius 3 is 2.86 bits per heavy atom. The zero-order chi connectivity index (χ0) is 15.5. The lowest BCUT2D eigenvalue weighted by atomic mass is 10.2. The smallest absolute Gasteiger partial charge is 0.310 e. The molecule has 1 N–H and O–H groups in total. The maximum absolute atomic E-state index is 11.0. The molecule has 6 nitrogen and oxygen atoms in total. The van der Waals surface area contributed by atoms with Crippen LogP contribution in [0.15, 0.2) is 18.2 Å². The van der Waals surface area contributed by atoms with Gasteiger partial charge in [-0.15, -0.1) is 0 Å². The topological polar surface area (TPSA) is 73.6 Å². The van der Waals surface area contributed by atoms with Gasteiger partial charge in [-0.05, 0) is 30.1 Å². The first-order chi connectivity index (χ1) is 10.2. The van der Waals surface area contributed by atoms with Crippen LogP contribution in [0, 0.1) is 10.1 Å². The molecular formula is C14H22N2O4S. The summed E-state index contributed by atoms with van der Waals surface area (Å²) in [6, 6.07) is 4.97. The van der Waals surface area contributed by atoms with E-state index in [1.807, 2.05) is 6.26 Å². The highest BCUT2D eigenvalue weighted by Crippen LogP contribution is 2.28. The van der Waals surface area contributed by atoms with Crippen LogP contribution in [0.3, 0.4) is 0 Å². The van der Waals surface area contributed by atoms with Crippen LogP contribution in [0.5, 0.6) is 5.75 Å². The number of methoxy groups -OCH3 is 1. The Balaban J connectivity index is 2.64. The van der Waals surface area contributed by atoms with E-state index in [2.05, 4.69) is 5.32 Å². The maximum atomic E-state index is 11.0. The number of benzene rings is 1. The lowest BCUT2D eigenvalue weighted by Gasteiger charge is -2.09. The van der Waals surface area contributed by atoms with Crippen LogP contribution in [0.2, 0.25) is 0 Å². The zero-order valence-corrected chi connectivity index (χ0v) is 13.3. The molecule has 118 valence electrons. The number of hydrogen-bond donors (Lipinski definition) is 1. The number of rotatable bonds is 11. The average Bonchev–Trinajstić information content (AvgIpc) is 2.48. The lowest BCUT2D eigenvalue weighted by molar-refractivity contribution is -0.385. The van der Waals surface area contributed by atoms with E-state index in [0.717, 1.165) is 24.3 Å². The first-order valence-electron chi connectivity index (χ1n) is 6.77. The standard InChI is InChI=1S/C14H22N2O4S/c1-19-8-6-15-11-12-4-5-13(16(17)18)14(10-12)20-7-3-9-21-2/h4-5,10,15H,3,6-9,11H2,1-2H3. The average molecular weight is 314 g/mol. The lowest BCUT2D eigenvalue weighted by Crippen LogP contribution is -2.18. The van der Waals surface area contributed by atoms with E-state index in [-0.39, 0.29) is 5.69 Å². The van der Waals surface area contributed by atoms with Gasteiger partial charge in [-0.1, -0.05) is 6.07 Å². The molecule has 0 heterocycles. The van der Waals surface area contributed by atoms with Crippen LogP contribution in [0.4, 0.5) is 5.69 Å². The third-order valence-corrected chi connectivity index (χ3v) is 3.48. The molecule has 0 bridgehead atoms. The molecular weight excluding hydrogens is 292 g/mol. The second-order valence-corrected chi connectivity index (χ2v) is 5.41. The Kier molecular flexibility index (Phi) is 8.80. The summed E-state index contributed by atoms with van der Waals surface area (Å²) in [5.41, 5.74) is 0.969. The summed E-state index contributed by atoms with van der Waals surface area (Å²) >= 11 is 1.73. The van der Waals surface area contributed by atoms with Crippen molar-refractivity contribution in [2.75, 3.05) is 38.9 Å². The molecule has 0 amide bonds. The Morgan fingerprint density at radius 2 is 2.19 bits per heavy atom. The fourth-order valence-electron chi connectivity index (χ4n) is 1.73. The molecule has 0 radical (unpaired) electrons. The Morgan fingerprint density at radius 1 is 1.38 bits per heavy atom. The summed E-state index contributed by atoms with van der Waals surface area (Å²) in [5.74, 6) is 1.32. The second-order valence-electron chi connectivity index (χ2n) is 4.42. The predicted molar refractivity (Wildman–Crippen MR) is 85.2 cm³/mol. The van der Waals surface area contributed by atoms with Gasteiger partial charge in [0.2, 0.25) is 0 Å². The predicted octanol–water partition coefficient (Wildman–Crippen LogP) is 2.46. The van der Waals surface area contributed by atoms with Crippen molar-refractivity contribution in [1.29, 1.82) is 0 Å². The summed E-state index contributed by atoms with van der Waals surface area (Å²) in [6.45, 7) is 2.48. The number of nitrogens with one attached hydrogen (secondary N) is 1. The molecule has 21 heavy (non-hydrogen) atoms. The SMILES string of the molecule is COCCNCc1ccc([N+](=O)[O-])c(OCCCSC)c1. The number of ether oxygens (including phenoxy) is 2. The third-order valence-electron chi connectivity index (χ3n) is 2.78. The van der Waals surface area contributed by atoms with Gasteiger partial charge >= 0.3 is 5.69 Å². The van der Waals surface area contributed by atoms with E-state index >= 15 is 0 Å². The minimum Gasteiger partial charge on any atom is -0.487 e. The van der Waals surface area contributed by atoms with Crippen LogP contribution in [0.1, 0.15) is 12.0 Å². The molecule has 1 aromatic rings. The number of nitro benzene ring substituents is 1. The first kappa shape index (κ1) is 17.7. The highest BCUT2D eigenvalue weighted by atomic mass is 32.2. The van der Waals surface area contributed by atoms with Crippen molar-refractivity contribution in [2.45, 2.75) is 13.0 Å². The summed E-state index contributed by atoms with van der Waals surface area (Å²) < 4.78 is 10.5. The monoisotopic (exact) mass is 314 g/mol. The zero-order valence-electron chi connectivity index (χ0n) is 12.5. The van der Waals surface area contributed by atoms with Crippen LogP contribution >= 0.6 is 11.8 Å². The second kappa shape index (κ2) is 10.4. The van der Waals surface area contributed by atoms with Crippen LogP contribution in [-0.2, 0) is 11.3 Å². The van der Waals surface area contributed by atoms with Crippen LogP contribution in [0.25, 0.3) is 0 Å². The van der Waals surface area contributed by atoms with E-state index in [4.69, 9.17) is 9.47 Å². The molecule has 0 aliphatic rings. The normalized spacial score (nSPS) is 10.6. The van der Waals surface area contributed by atoms with E-state index in [1.54, 1.807) is 31.0 Å². The van der Waals surface area contributed by atoms with Crippen LogP contribution < -0.4 is 10.1 Å². The Hall–Kier alpha value is -1.31. The van der Waals surface area contributed by atoms with Crippen molar-refractivity contribution in [3.05, 3.63) is 33.9 Å². The molecule has 0 atom stereocenters. The van der Waals surface area contributed by atoms with Crippen LogP contribution in [-0.4, -0.2) is 43.8 Å². The molecule has 0 saturated carbocycles. The number of hydrogen-bond acceptors (Lipinski definition) is 6. The highest BCUT2D eigenvalue weighted by Gasteiger charge is 2.15. The molecule has 0 aliphatic carbocycles. The van der Waals surface area contributed by atoms with Gasteiger partial charge in [-0.3, -0.25) is 10.1 Å². The summed E-state index contributed by atoms with van der Waals surface area (Å²) in [4.78, 5) is 10.6. The van der Waals surface area contributed by atoms with Crippen molar-refractivity contribution in [3.8, 4) is 5.75 Å². The minimum atomic E-state index is -0.411. The Bertz CT molecular complexity index is 443. The molecule has 0 fully saturated rings. The number of nitro groups is 1. The highest BCUT2D eigenvalue weighted by molar-refractivity contribution is 7.98. The molecule has 0 aromatic heterocycles. The van der Waals surface area contributed by atoms with E-state index < -0.39 is 4.92 Å². The summed E-state index contributed by atoms with van der Waals surface area (Å²) in [5, 5.41) is 14.2. The fraction of sp³-hybridized carbons (Fsp3) is 0.571. The molecule has 0 spiro atoms. The van der Waals surface area contributed by atoms with Crippen molar-refractivity contribution in [3.63, 3.8) is 0 Å². The molecule has 1 aromatic carbocycles. The van der Waals surface area contributed by atoms with Crippen molar-refractivity contribution in [1.82, 2.24) is 5.32 Å². The van der Waals surface area contributed by atoms with Gasteiger partial charge < -0.3 is 14.8 Å². The summed E-state index contributed by atoms with van der Waals surface area (Å²) in [7, 11) is 1.65. The minimum absolute atomic E-state index is 0.0137. The third kappa shape index (κ3) is 6.79. The van der Waals surface area contributed by atoms with Gasteiger partial charge in [-0.2, -0.15) is 11.8 Å². The van der Waals surface area contributed by atoms with Crippen molar-refractivity contribution < 1.29 is 14.4 Å². The molecule has 7 heteroatoms. The fourth-order valence-corrected chi connectivity index (χ4v) is 2.13. The molecule has 0 saturated heterocycles. The van der Waals surface area contributed by atoms with Gasteiger partial charge in [-0.25, -0.2) is 0 Å². The largest absolute Gasteiger partial charge is 0.487 e. The van der Waals surface area contributed by atoms with Crippen molar-refractivity contribution >= 4 is 17.4 Å². The van der Waals surface area contributed by atoms with E-state index in [9.17, 15) is 10.1 Å². The first-order valence-corrected chi connectivity index (χ1v) is 8.17. The molecule has 1 rings (SSSR count). The number of thioether (sulfide) groups is 1. The number of nitrogens with zero attached hydrogens (tertiary/aromatic N) is 1. The van der Waals surface area contributed by atoms with E-state index in [1.165, 1.54) is 6.07 Å². The maximum Gasteiger partial charge on any atom is 0.310 e. The molecule has 0 unspecified atom stereocenters. The van der Waals surface area contributed by atoms with Gasteiger partial charge in [0.15, 0.2) is 5.75 Å². The molecule has 0 aliphatic heterocycles. The summed E-state index contributed by atoms with van der Waals surface area (Å²) in [6.07, 6.45) is 2.89. The van der Waals surface area contributed by atoms with Crippen molar-refractivity contribution in [2.24, 2.45) is 0 Å². The van der Waals surface area contributed by atoms with Gasteiger partial charge in [0.1, 0.15) is 0 Å². The van der Waals surface area contributed by atoms with Gasteiger partial charge in [0, 0.05) is 26.3 Å². The van der Waals surface area contributed by atoms with Gasteiger partial charge in [0.25, 0.3) is 0 Å². The van der Waals surface area contributed by atoms with Gasteiger partial charge in [0.05, 0.1) is 18.1 Å². The Labute approximate surface area is 129 Å².